The normalized spacial score (nSPS) is 22.2. The topological polar surface area (TPSA) is 12.0 Å². The minimum Gasteiger partial charge on any atom is -0.314 e. The molecule has 0 radical (unpaired) electrons. The molecule has 10 heavy (non-hydrogen) atoms. The average molecular weight is 143 g/mol. The molecule has 0 amide bonds. The van der Waals surface area contributed by atoms with E-state index in [1.807, 2.05) is 0 Å². The lowest BCUT2D eigenvalue weighted by Gasteiger charge is -2.31. The van der Waals surface area contributed by atoms with Crippen LogP contribution in [0.15, 0.2) is 0 Å². The lowest BCUT2D eigenvalue weighted by molar-refractivity contribution is 0.241. The summed E-state index contributed by atoms with van der Waals surface area (Å²) >= 11 is 0. The fourth-order valence-electron chi connectivity index (χ4n) is 1.48. The predicted octanol–water partition coefficient (Wildman–Crippen LogP) is 2.42. The van der Waals surface area contributed by atoms with Crippen LogP contribution in [0.1, 0.15) is 41.0 Å². The molecule has 62 valence electrons. The van der Waals surface area contributed by atoms with Gasteiger partial charge in [0.1, 0.15) is 0 Å². The molecule has 1 nitrogen and oxygen atoms in total. The molecule has 1 atom stereocenters. The van der Waals surface area contributed by atoms with Gasteiger partial charge in [0.05, 0.1) is 0 Å². The highest BCUT2D eigenvalue weighted by Gasteiger charge is 2.22. The Labute approximate surface area is 65.7 Å². The Balaban J connectivity index is 0.000001000. The standard InChI is InChI=1S/C9H19N.H2/c1-3-7-10-8(2)9-5-4-6-9;/h8-10H,3-7H2,1-2H3;1H/t8-;/m1./s1. The molecule has 0 bridgehead atoms. The van der Waals surface area contributed by atoms with Gasteiger partial charge in [0.2, 0.25) is 0 Å². The van der Waals surface area contributed by atoms with Crippen molar-refractivity contribution in [2.75, 3.05) is 6.54 Å². The quantitative estimate of drug-likeness (QED) is 0.637. The summed E-state index contributed by atoms with van der Waals surface area (Å²) in [7, 11) is 0. The first-order chi connectivity index (χ1) is 4.84. The molecule has 0 aromatic rings. The summed E-state index contributed by atoms with van der Waals surface area (Å²) in [6, 6.07) is 0.772. The molecule has 0 heterocycles. The zero-order chi connectivity index (χ0) is 7.40. The summed E-state index contributed by atoms with van der Waals surface area (Å²) in [5, 5.41) is 3.53. The van der Waals surface area contributed by atoms with Crippen molar-refractivity contribution in [2.24, 2.45) is 5.92 Å². The molecular weight excluding hydrogens is 122 g/mol. The van der Waals surface area contributed by atoms with Crippen molar-refractivity contribution >= 4 is 0 Å². The van der Waals surface area contributed by atoms with Crippen molar-refractivity contribution in [3.63, 3.8) is 0 Å². The van der Waals surface area contributed by atoms with Gasteiger partial charge in [0.25, 0.3) is 0 Å². The van der Waals surface area contributed by atoms with Crippen LogP contribution in [0.25, 0.3) is 0 Å². The Bertz CT molecular complexity index is 91.6. The van der Waals surface area contributed by atoms with E-state index in [0.29, 0.717) is 0 Å². The van der Waals surface area contributed by atoms with Crippen LogP contribution >= 0.6 is 0 Å². The first-order valence-electron chi connectivity index (χ1n) is 4.58. The van der Waals surface area contributed by atoms with Crippen LogP contribution in [0.3, 0.4) is 0 Å². The number of nitrogens with one attached hydrogen (secondary N) is 1. The van der Waals surface area contributed by atoms with E-state index in [-0.39, 0.29) is 1.43 Å². The second-order valence-electron chi connectivity index (χ2n) is 3.43. The van der Waals surface area contributed by atoms with Crippen molar-refractivity contribution in [3.8, 4) is 0 Å². The summed E-state index contributed by atoms with van der Waals surface area (Å²) in [6.45, 7) is 5.73. The van der Waals surface area contributed by atoms with E-state index in [1.165, 1.54) is 32.2 Å². The van der Waals surface area contributed by atoms with E-state index < -0.39 is 0 Å². The van der Waals surface area contributed by atoms with Gasteiger partial charge in [0, 0.05) is 7.47 Å². The molecule has 1 N–H and O–H groups in total. The Morgan fingerprint density at radius 1 is 1.60 bits per heavy atom. The fraction of sp³-hybridized carbons (Fsp3) is 1.00. The highest BCUT2D eigenvalue weighted by Crippen LogP contribution is 2.29. The van der Waals surface area contributed by atoms with E-state index in [0.717, 1.165) is 12.0 Å². The smallest absolute Gasteiger partial charge is 0.00669 e. The van der Waals surface area contributed by atoms with Crippen LogP contribution in [0.5, 0.6) is 0 Å². The van der Waals surface area contributed by atoms with E-state index in [1.54, 1.807) is 0 Å². The third-order valence-corrected chi connectivity index (χ3v) is 2.57. The van der Waals surface area contributed by atoms with Gasteiger partial charge in [-0.05, 0) is 38.6 Å². The lowest BCUT2D eigenvalue weighted by atomic mass is 9.80. The van der Waals surface area contributed by atoms with E-state index in [9.17, 15) is 0 Å². The molecule has 0 spiro atoms. The van der Waals surface area contributed by atoms with Gasteiger partial charge in [0.15, 0.2) is 0 Å². The van der Waals surface area contributed by atoms with E-state index >= 15 is 0 Å². The largest absolute Gasteiger partial charge is 0.314 e. The van der Waals surface area contributed by atoms with E-state index in [2.05, 4.69) is 19.2 Å². The van der Waals surface area contributed by atoms with Crippen LogP contribution < -0.4 is 5.32 Å². The highest BCUT2D eigenvalue weighted by molar-refractivity contribution is 4.78. The maximum atomic E-state index is 3.53. The molecule has 0 saturated heterocycles. The van der Waals surface area contributed by atoms with Gasteiger partial charge in [-0.25, -0.2) is 0 Å². The molecule has 0 aromatic heterocycles. The lowest BCUT2D eigenvalue weighted by Crippen LogP contribution is -2.37. The predicted molar refractivity (Wildman–Crippen MR) is 47.2 cm³/mol. The molecule has 1 rings (SSSR count). The van der Waals surface area contributed by atoms with Crippen molar-refractivity contribution in [2.45, 2.75) is 45.6 Å². The number of rotatable bonds is 4. The third kappa shape index (κ3) is 1.98. The summed E-state index contributed by atoms with van der Waals surface area (Å²) in [5.74, 6) is 0.992. The zero-order valence-corrected chi connectivity index (χ0v) is 7.19. The molecule has 1 heteroatoms. The third-order valence-electron chi connectivity index (χ3n) is 2.57. The molecule has 1 aliphatic carbocycles. The molecule has 1 fully saturated rings. The minimum atomic E-state index is 0. The Hall–Kier alpha value is -0.0400. The highest BCUT2D eigenvalue weighted by atomic mass is 14.9. The Morgan fingerprint density at radius 3 is 2.70 bits per heavy atom. The van der Waals surface area contributed by atoms with Crippen LogP contribution in [-0.2, 0) is 0 Å². The zero-order valence-electron chi connectivity index (χ0n) is 7.19. The maximum absolute atomic E-state index is 3.53. The van der Waals surface area contributed by atoms with Crippen LogP contribution in [0.4, 0.5) is 0 Å². The molecule has 1 saturated carbocycles. The monoisotopic (exact) mass is 143 g/mol. The summed E-state index contributed by atoms with van der Waals surface area (Å²) < 4.78 is 0. The average Bonchev–Trinajstić information content (AvgIpc) is 1.79. The van der Waals surface area contributed by atoms with Crippen LogP contribution in [0, 0.1) is 5.92 Å². The van der Waals surface area contributed by atoms with Crippen LogP contribution in [-0.4, -0.2) is 12.6 Å². The summed E-state index contributed by atoms with van der Waals surface area (Å²) in [6.07, 6.45) is 5.63. The number of hydrogen-bond acceptors (Lipinski definition) is 1. The van der Waals surface area contributed by atoms with Gasteiger partial charge in [-0.1, -0.05) is 13.3 Å². The van der Waals surface area contributed by atoms with Gasteiger partial charge < -0.3 is 5.32 Å². The summed E-state index contributed by atoms with van der Waals surface area (Å²) in [4.78, 5) is 0. The van der Waals surface area contributed by atoms with Gasteiger partial charge >= 0.3 is 0 Å². The Morgan fingerprint density at radius 2 is 2.30 bits per heavy atom. The molecular formula is C9H21N. The van der Waals surface area contributed by atoms with Gasteiger partial charge in [-0.3, -0.25) is 0 Å². The molecule has 0 unspecified atom stereocenters. The second kappa shape index (κ2) is 3.97. The maximum Gasteiger partial charge on any atom is 0.00669 e. The Kier molecular flexibility index (Phi) is 3.20. The van der Waals surface area contributed by atoms with Crippen molar-refractivity contribution in [1.82, 2.24) is 5.32 Å². The summed E-state index contributed by atoms with van der Waals surface area (Å²) in [5.41, 5.74) is 0. The molecule has 1 aliphatic rings. The molecule has 0 aliphatic heterocycles. The van der Waals surface area contributed by atoms with Crippen LogP contribution in [0.2, 0.25) is 0 Å². The van der Waals surface area contributed by atoms with Gasteiger partial charge in [-0.2, -0.15) is 0 Å². The van der Waals surface area contributed by atoms with Crippen molar-refractivity contribution < 1.29 is 1.43 Å². The van der Waals surface area contributed by atoms with E-state index in [4.69, 9.17) is 0 Å². The minimum absolute atomic E-state index is 0. The number of hydrogen-bond donors (Lipinski definition) is 1. The molecule has 0 aromatic carbocycles. The van der Waals surface area contributed by atoms with Crippen molar-refractivity contribution in [3.05, 3.63) is 0 Å². The second-order valence-corrected chi connectivity index (χ2v) is 3.43. The first kappa shape index (κ1) is 8.06. The van der Waals surface area contributed by atoms with Crippen molar-refractivity contribution in [1.29, 1.82) is 0 Å². The first-order valence-corrected chi connectivity index (χ1v) is 4.58. The van der Waals surface area contributed by atoms with Gasteiger partial charge in [-0.15, -0.1) is 0 Å². The SMILES string of the molecule is CCCN[C@H](C)C1CCC1.[HH]. The fourth-order valence-corrected chi connectivity index (χ4v) is 1.48.